The van der Waals surface area contributed by atoms with Gasteiger partial charge in [-0.25, -0.2) is 0 Å². The lowest BCUT2D eigenvalue weighted by atomic mass is 10.2. The van der Waals surface area contributed by atoms with Crippen LogP contribution >= 0.6 is 0 Å². The van der Waals surface area contributed by atoms with Crippen molar-refractivity contribution in [1.29, 1.82) is 0 Å². The Morgan fingerprint density at radius 2 is 2.60 bits per heavy atom. The van der Waals surface area contributed by atoms with Crippen LogP contribution in [-0.2, 0) is 0 Å². The Balaban J connectivity index is 2.93. The minimum absolute atomic E-state index is 0.0521. The Bertz CT molecular complexity index is 53.9. The minimum Gasteiger partial charge on any atom is -0.619 e. The normalized spacial score (nSPS) is 5.80. The molecule has 0 fully saturated rings. The highest BCUT2D eigenvalue weighted by Gasteiger charge is 1.34. The first-order valence-electron chi connectivity index (χ1n) is 1.12. The van der Waals surface area contributed by atoms with Gasteiger partial charge in [0, 0.05) is 0 Å². The van der Waals surface area contributed by atoms with E-state index in [9.17, 15) is 0 Å². The fourth-order valence-electron chi connectivity index (χ4n) is 0.0365. The third-order valence-corrected chi connectivity index (χ3v) is 0.145. The maximum atomic E-state index is 7.44. The Kier molecular flexibility index (Phi) is 2.95. The van der Waals surface area contributed by atoms with Gasteiger partial charge in [-0.05, 0) is 10.4 Å². The molecule has 0 aliphatic carbocycles. The van der Waals surface area contributed by atoms with Crippen LogP contribution in [0.3, 0.4) is 0 Å². The zero-order valence-electron chi connectivity index (χ0n) is 2.63. The van der Waals surface area contributed by atoms with Gasteiger partial charge in [0.05, 0.1) is 0 Å². The molecule has 0 aromatic heterocycles. The van der Waals surface area contributed by atoms with Crippen LogP contribution in [0.25, 0.3) is 10.4 Å². The Labute approximate surface area is 31.0 Å². The van der Waals surface area contributed by atoms with Crippen LogP contribution in [0.2, 0.25) is 0 Å². The van der Waals surface area contributed by atoms with Crippen LogP contribution in [0, 0.1) is 0 Å². The molecule has 0 rings (SSSR count). The average molecular weight is 66.9 g/mol. The first-order valence-corrected chi connectivity index (χ1v) is 1.12. The summed E-state index contributed by atoms with van der Waals surface area (Å²) < 4.78 is 0. The SMILES string of the molecule is [B-]CN=[N+]=[N-]. The molecular formula is CH2BN3-. The smallest absolute Gasteiger partial charge is 0.00257 e. The van der Waals surface area contributed by atoms with Crippen LogP contribution in [-0.4, -0.2) is 14.3 Å². The van der Waals surface area contributed by atoms with Crippen molar-refractivity contribution in [3.8, 4) is 0 Å². The van der Waals surface area contributed by atoms with Crippen molar-refractivity contribution in [2.24, 2.45) is 5.11 Å². The lowest BCUT2D eigenvalue weighted by Crippen LogP contribution is -1.65. The molecule has 0 atom stereocenters. The van der Waals surface area contributed by atoms with Gasteiger partial charge in [-0.15, -0.1) is 5.11 Å². The molecule has 0 aromatic rings. The Morgan fingerprint density at radius 3 is 2.60 bits per heavy atom. The molecule has 0 heterocycles. The van der Waals surface area contributed by atoms with E-state index in [2.05, 4.69) is 10.0 Å². The highest BCUT2D eigenvalue weighted by molar-refractivity contribution is 6.08. The van der Waals surface area contributed by atoms with Crippen molar-refractivity contribution >= 4 is 7.85 Å². The number of azide groups is 1. The predicted molar refractivity (Wildman–Crippen MR) is 19.8 cm³/mol. The molecule has 4 heteroatoms. The van der Waals surface area contributed by atoms with Crippen LogP contribution in [0.5, 0.6) is 0 Å². The van der Waals surface area contributed by atoms with Crippen LogP contribution in [0.15, 0.2) is 5.11 Å². The molecule has 0 unspecified atom stereocenters. The first kappa shape index (κ1) is 4.37. The van der Waals surface area contributed by atoms with Crippen molar-refractivity contribution < 1.29 is 0 Å². The lowest BCUT2D eigenvalue weighted by molar-refractivity contribution is 1.32. The molecule has 0 aliphatic rings. The summed E-state index contributed by atoms with van der Waals surface area (Å²) >= 11 is 0. The maximum Gasteiger partial charge on any atom is -0.00257 e. The first-order chi connectivity index (χ1) is 2.41. The van der Waals surface area contributed by atoms with Crippen molar-refractivity contribution in [2.75, 3.05) is 6.44 Å². The van der Waals surface area contributed by atoms with Gasteiger partial charge in [0.2, 0.25) is 0 Å². The molecule has 0 saturated carbocycles. The van der Waals surface area contributed by atoms with Gasteiger partial charge in [-0.3, -0.25) is 0 Å². The molecule has 0 bridgehead atoms. The van der Waals surface area contributed by atoms with Crippen molar-refractivity contribution in [2.45, 2.75) is 0 Å². The van der Waals surface area contributed by atoms with Crippen molar-refractivity contribution in [3.05, 3.63) is 10.4 Å². The predicted octanol–water partition coefficient (Wildman–Crippen LogP) is 0.423. The second kappa shape index (κ2) is 3.37. The second-order valence-electron chi connectivity index (χ2n) is 0.413. The summed E-state index contributed by atoms with van der Waals surface area (Å²) in [6.45, 7) is 0. The van der Waals surface area contributed by atoms with E-state index in [0.29, 0.717) is 0 Å². The van der Waals surface area contributed by atoms with Gasteiger partial charge in [-0.2, -0.15) is 6.44 Å². The van der Waals surface area contributed by atoms with E-state index in [1.165, 1.54) is 0 Å². The van der Waals surface area contributed by atoms with E-state index in [-0.39, 0.29) is 6.44 Å². The van der Waals surface area contributed by atoms with Gasteiger partial charge in [-0.1, -0.05) is 0 Å². The summed E-state index contributed by atoms with van der Waals surface area (Å²) in [6.07, 6.45) is 0.0521. The molecule has 0 N–H and O–H groups in total. The topological polar surface area (TPSA) is 48.8 Å². The van der Waals surface area contributed by atoms with Gasteiger partial charge >= 0.3 is 0 Å². The molecule has 3 radical (unpaired) electrons. The van der Waals surface area contributed by atoms with Crippen LogP contribution in [0.1, 0.15) is 0 Å². The molecule has 3 nitrogen and oxygen atoms in total. The number of rotatable bonds is 1. The van der Waals surface area contributed by atoms with Gasteiger partial charge in [0.25, 0.3) is 0 Å². The van der Waals surface area contributed by atoms with Gasteiger partial charge in [0.1, 0.15) is 0 Å². The third kappa shape index (κ3) is 3.37. The van der Waals surface area contributed by atoms with Crippen molar-refractivity contribution in [1.82, 2.24) is 0 Å². The zero-order chi connectivity index (χ0) is 4.12. The second-order valence-corrected chi connectivity index (χ2v) is 0.413. The number of nitrogens with zero attached hydrogens (tertiary/aromatic N) is 3. The quantitative estimate of drug-likeness (QED) is 0.185. The van der Waals surface area contributed by atoms with E-state index in [1.54, 1.807) is 0 Å². The summed E-state index contributed by atoms with van der Waals surface area (Å²) in [7, 11) is 4.72. The van der Waals surface area contributed by atoms with E-state index in [1.807, 2.05) is 0 Å². The number of hydrogen-bond donors (Lipinski definition) is 0. The Hall–Kier alpha value is -0.625. The summed E-state index contributed by atoms with van der Waals surface area (Å²) in [5.74, 6) is 0. The molecule has 0 aliphatic heterocycles. The maximum absolute atomic E-state index is 7.44. The summed E-state index contributed by atoms with van der Waals surface area (Å²) in [6, 6.07) is 0. The molecule has 0 saturated heterocycles. The summed E-state index contributed by atoms with van der Waals surface area (Å²) in [5, 5.41) is 2.93. The van der Waals surface area contributed by atoms with E-state index < -0.39 is 0 Å². The van der Waals surface area contributed by atoms with Crippen LogP contribution in [0.4, 0.5) is 0 Å². The fraction of sp³-hybridized carbons (Fsp3) is 1.00. The number of hydrogen-bond acceptors (Lipinski definition) is 1. The molecule has 0 amide bonds. The standard InChI is InChI=1S/CH2BN3/c2-1-4-5-3/h1H2/q-1. The summed E-state index contributed by atoms with van der Waals surface area (Å²) in [5.41, 5.74) is 7.44. The van der Waals surface area contributed by atoms with E-state index >= 15 is 0 Å². The molecular weight excluding hydrogens is 64.8 g/mol. The molecule has 25 valence electrons. The highest BCUT2D eigenvalue weighted by atomic mass is 15.1. The minimum atomic E-state index is 0.0521. The van der Waals surface area contributed by atoms with E-state index in [4.69, 9.17) is 13.4 Å². The average Bonchev–Trinajstić information content (AvgIpc) is 1.41. The van der Waals surface area contributed by atoms with Gasteiger partial charge < -0.3 is 7.85 Å². The van der Waals surface area contributed by atoms with Gasteiger partial charge in [0.15, 0.2) is 0 Å². The molecule has 0 aromatic carbocycles. The largest absolute Gasteiger partial charge is 0.619 e. The van der Waals surface area contributed by atoms with Crippen molar-refractivity contribution in [3.63, 3.8) is 0 Å². The molecule has 0 spiro atoms. The highest BCUT2D eigenvalue weighted by Crippen LogP contribution is 1.56. The van der Waals surface area contributed by atoms with Crippen LogP contribution < -0.4 is 0 Å². The third-order valence-electron chi connectivity index (χ3n) is 0.145. The van der Waals surface area contributed by atoms with E-state index in [0.717, 1.165) is 0 Å². The fourth-order valence-corrected chi connectivity index (χ4v) is 0.0365. The monoisotopic (exact) mass is 67.0 g/mol. The zero-order valence-corrected chi connectivity index (χ0v) is 2.63. The Morgan fingerprint density at radius 1 is 2.00 bits per heavy atom. The molecule has 5 heavy (non-hydrogen) atoms. The summed E-state index contributed by atoms with van der Waals surface area (Å²) in [4.78, 5) is 2.35. The lowest BCUT2D eigenvalue weighted by Gasteiger charge is -1.80.